The van der Waals surface area contributed by atoms with Gasteiger partial charge in [-0.3, -0.25) is 4.90 Å². The third kappa shape index (κ3) is 3.63. The highest BCUT2D eigenvalue weighted by Crippen LogP contribution is 2.25. The molecular formula is C21H25N5. The Morgan fingerprint density at radius 1 is 1.04 bits per heavy atom. The number of anilines is 2. The molecule has 2 aromatic carbocycles. The molecule has 4 rings (SSSR count). The van der Waals surface area contributed by atoms with Crippen molar-refractivity contribution in [2.45, 2.75) is 19.0 Å². The van der Waals surface area contributed by atoms with Crippen molar-refractivity contribution in [2.24, 2.45) is 0 Å². The van der Waals surface area contributed by atoms with Gasteiger partial charge in [0.15, 0.2) is 0 Å². The van der Waals surface area contributed by atoms with Gasteiger partial charge in [-0.15, -0.1) is 0 Å². The Kier molecular flexibility index (Phi) is 4.71. The number of para-hydroxylation sites is 1. The van der Waals surface area contributed by atoms with Crippen molar-refractivity contribution in [3.8, 4) is 0 Å². The molecule has 0 amide bonds. The molecule has 1 unspecified atom stereocenters. The van der Waals surface area contributed by atoms with Crippen molar-refractivity contribution in [3.63, 3.8) is 0 Å². The van der Waals surface area contributed by atoms with Crippen molar-refractivity contribution in [3.05, 3.63) is 60.2 Å². The van der Waals surface area contributed by atoms with Crippen molar-refractivity contribution < 1.29 is 0 Å². The molecule has 5 heteroatoms. The van der Waals surface area contributed by atoms with Crippen LogP contribution in [0, 0.1) is 0 Å². The zero-order valence-corrected chi connectivity index (χ0v) is 15.4. The molecule has 0 radical (unpaired) electrons. The van der Waals surface area contributed by atoms with Crippen molar-refractivity contribution >= 4 is 22.7 Å². The fraction of sp³-hybridized carbons (Fsp3) is 0.333. The molecule has 0 aliphatic carbocycles. The highest BCUT2D eigenvalue weighted by atomic mass is 15.2. The van der Waals surface area contributed by atoms with Crippen molar-refractivity contribution in [2.75, 3.05) is 37.4 Å². The van der Waals surface area contributed by atoms with Gasteiger partial charge in [-0.1, -0.05) is 42.5 Å². The number of rotatable bonds is 5. The number of benzene rings is 2. The van der Waals surface area contributed by atoms with Gasteiger partial charge in [-0.25, -0.2) is 4.98 Å². The molecule has 1 aromatic heterocycles. The zero-order chi connectivity index (χ0) is 17.9. The first-order chi connectivity index (χ1) is 12.7. The van der Waals surface area contributed by atoms with Gasteiger partial charge in [0, 0.05) is 45.2 Å². The monoisotopic (exact) mass is 347 g/mol. The molecule has 0 spiro atoms. The van der Waals surface area contributed by atoms with Crippen LogP contribution in [0.1, 0.15) is 12.0 Å². The van der Waals surface area contributed by atoms with Gasteiger partial charge in [0.25, 0.3) is 0 Å². The molecule has 2 heterocycles. The summed E-state index contributed by atoms with van der Waals surface area (Å²) in [6.07, 6.45) is 1.11. The minimum absolute atomic E-state index is 0.384. The van der Waals surface area contributed by atoms with Gasteiger partial charge in [0.1, 0.15) is 5.82 Å². The second-order valence-electron chi connectivity index (χ2n) is 7.13. The Hall–Kier alpha value is -2.66. The molecule has 5 nitrogen and oxygen atoms in total. The summed E-state index contributed by atoms with van der Waals surface area (Å²) in [6.45, 7) is 3.11. The first kappa shape index (κ1) is 16.8. The van der Waals surface area contributed by atoms with E-state index in [0.29, 0.717) is 6.04 Å². The molecule has 0 bridgehead atoms. The van der Waals surface area contributed by atoms with E-state index < -0.39 is 0 Å². The second kappa shape index (κ2) is 7.30. The maximum atomic E-state index is 4.76. The summed E-state index contributed by atoms with van der Waals surface area (Å²) in [5.74, 6) is 1.68. The van der Waals surface area contributed by atoms with E-state index in [0.717, 1.165) is 48.7 Å². The molecule has 26 heavy (non-hydrogen) atoms. The standard InChI is InChI=1S/C21H25N5/c1-25(2)20-18-10-6-7-11-19(18)23-21(24-20)22-17-12-13-26(15-17)14-16-8-4-3-5-9-16/h3-11,17H,12-15H2,1-2H3,(H,22,23,24). The van der Waals surface area contributed by atoms with E-state index in [9.17, 15) is 0 Å². The smallest absolute Gasteiger partial charge is 0.225 e. The zero-order valence-electron chi connectivity index (χ0n) is 15.4. The quantitative estimate of drug-likeness (QED) is 0.766. The van der Waals surface area contributed by atoms with Crippen LogP contribution in [-0.4, -0.2) is 48.1 Å². The molecule has 0 saturated carbocycles. The summed E-state index contributed by atoms with van der Waals surface area (Å²) in [4.78, 5) is 14.0. The summed E-state index contributed by atoms with van der Waals surface area (Å²) in [7, 11) is 4.05. The molecule has 1 aliphatic rings. The van der Waals surface area contributed by atoms with Gasteiger partial charge in [0.05, 0.1) is 5.52 Å². The van der Waals surface area contributed by atoms with Crippen LogP contribution in [0.4, 0.5) is 11.8 Å². The maximum Gasteiger partial charge on any atom is 0.225 e. The highest BCUT2D eigenvalue weighted by molar-refractivity contribution is 5.90. The minimum Gasteiger partial charge on any atom is -0.362 e. The van der Waals surface area contributed by atoms with E-state index in [-0.39, 0.29) is 0 Å². The fourth-order valence-electron chi connectivity index (χ4n) is 3.58. The molecule has 3 aromatic rings. The number of likely N-dealkylation sites (tertiary alicyclic amines) is 1. The Labute approximate surface area is 154 Å². The third-order valence-electron chi connectivity index (χ3n) is 4.86. The van der Waals surface area contributed by atoms with Crippen LogP contribution in [-0.2, 0) is 6.54 Å². The summed E-state index contributed by atoms with van der Waals surface area (Å²) in [5.41, 5.74) is 2.35. The predicted molar refractivity (Wildman–Crippen MR) is 108 cm³/mol. The second-order valence-corrected chi connectivity index (χ2v) is 7.13. The lowest BCUT2D eigenvalue weighted by Gasteiger charge is -2.19. The molecular weight excluding hydrogens is 322 g/mol. The number of aromatic nitrogens is 2. The van der Waals surface area contributed by atoms with Gasteiger partial charge in [0.2, 0.25) is 5.95 Å². The van der Waals surface area contributed by atoms with Gasteiger partial charge in [-0.05, 0) is 24.1 Å². The average Bonchev–Trinajstić information content (AvgIpc) is 3.08. The van der Waals surface area contributed by atoms with E-state index in [1.807, 2.05) is 37.2 Å². The van der Waals surface area contributed by atoms with Crippen LogP contribution in [0.5, 0.6) is 0 Å². The average molecular weight is 347 g/mol. The fourth-order valence-corrected chi connectivity index (χ4v) is 3.58. The van der Waals surface area contributed by atoms with Crippen molar-refractivity contribution in [1.82, 2.24) is 14.9 Å². The summed E-state index contributed by atoms with van der Waals surface area (Å²) < 4.78 is 0. The molecule has 1 aliphatic heterocycles. The molecule has 1 atom stereocenters. The number of hydrogen-bond donors (Lipinski definition) is 1. The van der Waals surface area contributed by atoms with E-state index in [1.165, 1.54) is 5.56 Å². The van der Waals surface area contributed by atoms with E-state index in [4.69, 9.17) is 9.97 Å². The Balaban J connectivity index is 1.48. The van der Waals surface area contributed by atoms with Gasteiger partial charge < -0.3 is 10.2 Å². The van der Waals surface area contributed by atoms with Crippen LogP contribution < -0.4 is 10.2 Å². The minimum atomic E-state index is 0.384. The van der Waals surface area contributed by atoms with Crippen LogP contribution in [0.2, 0.25) is 0 Å². The summed E-state index contributed by atoms with van der Waals surface area (Å²) >= 11 is 0. The molecule has 1 fully saturated rings. The predicted octanol–water partition coefficient (Wildman–Crippen LogP) is 3.38. The summed E-state index contributed by atoms with van der Waals surface area (Å²) in [5, 5.41) is 4.64. The molecule has 1 N–H and O–H groups in total. The van der Waals surface area contributed by atoms with Crippen LogP contribution in [0.25, 0.3) is 10.9 Å². The summed E-state index contributed by atoms with van der Waals surface area (Å²) in [6, 6.07) is 19.2. The van der Waals surface area contributed by atoms with Crippen LogP contribution in [0.15, 0.2) is 54.6 Å². The maximum absolute atomic E-state index is 4.76. The number of hydrogen-bond acceptors (Lipinski definition) is 5. The number of fused-ring (bicyclic) bond motifs is 1. The number of nitrogens with one attached hydrogen (secondary N) is 1. The normalized spacial score (nSPS) is 17.5. The first-order valence-electron chi connectivity index (χ1n) is 9.16. The Morgan fingerprint density at radius 2 is 1.81 bits per heavy atom. The lowest BCUT2D eigenvalue weighted by atomic mass is 10.2. The third-order valence-corrected chi connectivity index (χ3v) is 4.86. The topological polar surface area (TPSA) is 44.3 Å². The van der Waals surface area contributed by atoms with E-state index in [1.54, 1.807) is 0 Å². The molecule has 1 saturated heterocycles. The van der Waals surface area contributed by atoms with Gasteiger partial charge >= 0.3 is 0 Å². The first-order valence-corrected chi connectivity index (χ1v) is 9.16. The lowest BCUT2D eigenvalue weighted by molar-refractivity contribution is 0.328. The number of nitrogens with zero attached hydrogens (tertiary/aromatic N) is 4. The highest BCUT2D eigenvalue weighted by Gasteiger charge is 2.23. The van der Waals surface area contributed by atoms with E-state index in [2.05, 4.69) is 46.6 Å². The Bertz CT molecular complexity index is 878. The lowest BCUT2D eigenvalue weighted by Crippen LogP contribution is -2.27. The van der Waals surface area contributed by atoms with E-state index >= 15 is 0 Å². The Morgan fingerprint density at radius 3 is 2.62 bits per heavy atom. The largest absolute Gasteiger partial charge is 0.362 e. The van der Waals surface area contributed by atoms with Gasteiger partial charge in [-0.2, -0.15) is 4.98 Å². The SMILES string of the molecule is CN(C)c1nc(NC2CCN(Cc3ccccc3)C2)nc2ccccc12. The van der Waals surface area contributed by atoms with Crippen molar-refractivity contribution in [1.29, 1.82) is 0 Å². The van der Waals surface area contributed by atoms with Crippen LogP contribution >= 0.6 is 0 Å². The molecule has 134 valence electrons. The van der Waals surface area contributed by atoms with Crippen LogP contribution in [0.3, 0.4) is 0 Å².